The van der Waals surface area contributed by atoms with Crippen molar-refractivity contribution >= 4 is 16.9 Å². The van der Waals surface area contributed by atoms with Crippen molar-refractivity contribution < 1.29 is 4.42 Å². The van der Waals surface area contributed by atoms with Crippen molar-refractivity contribution in [2.45, 2.75) is 13.8 Å². The van der Waals surface area contributed by atoms with Crippen LogP contribution in [0.1, 0.15) is 12.8 Å². The number of anilines is 1. The molecule has 3 aromatic heterocycles. The molecule has 7 nitrogen and oxygen atoms in total. The second-order valence-corrected chi connectivity index (χ2v) is 5.78. The van der Waals surface area contributed by atoms with E-state index in [-0.39, 0.29) is 0 Å². The first-order valence-electron chi connectivity index (χ1n) is 8.13. The molecule has 0 aliphatic heterocycles. The molecule has 0 aliphatic rings. The maximum atomic E-state index is 5.62. The fourth-order valence-corrected chi connectivity index (χ4v) is 2.92. The zero-order valence-electron chi connectivity index (χ0n) is 14.3. The summed E-state index contributed by atoms with van der Waals surface area (Å²) in [6.45, 7) is 4.52. The Bertz CT molecular complexity index is 1050. The van der Waals surface area contributed by atoms with E-state index in [9.17, 15) is 0 Å². The van der Waals surface area contributed by atoms with E-state index in [0.717, 1.165) is 34.3 Å². The number of nitrogens with one attached hydrogen (secondary N) is 1. The number of aryl methyl sites for hydroxylation is 2. The van der Waals surface area contributed by atoms with Gasteiger partial charge in [0.25, 0.3) is 5.89 Å². The fourth-order valence-electron chi connectivity index (χ4n) is 2.92. The smallest absolute Gasteiger partial charge is 0.251 e. The van der Waals surface area contributed by atoms with Gasteiger partial charge in [0.15, 0.2) is 0 Å². The van der Waals surface area contributed by atoms with Gasteiger partial charge in [-0.2, -0.15) is 0 Å². The molecular weight excluding hydrogens is 316 g/mol. The molecule has 0 unspecified atom stereocenters. The predicted molar refractivity (Wildman–Crippen MR) is 96.1 cm³/mol. The number of benzene rings is 1. The molecule has 0 fully saturated rings. The predicted octanol–water partition coefficient (Wildman–Crippen LogP) is 3.43. The van der Waals surface area contributed by atoms with Crippen LogP contribution in [0.2, 0.25) is 0 Å². The highest BCUT2D eigenvalue weighted by Crippen LogP contribution is 2.35. The van der Waals surface area contributed by atoms with E-state index in [2.05, 4.69) is 43.4 Å². The minimum atomic E-state index is 0.420. The highest BCUT2D eigenvalue weighted by atomic mass is 16.4. The van der Waals surface area contributed by atoms with Crippen LogP contribution in [0.5, 0.6) is 0 Å². The van der Waals surface area contributed by atoms with Crippen molar-refractivity contribution in [2.24, 2.45) is 7.05 Å². The minimum Gasteiger partial charge on any atom is -0.421 e. The summed E-state index contributed by atoms with van der Waals surface area (Å²) in [6.07, 6.45) is 3.80. The largest absolute Gasteiger partial charge is 0.421 e. The number of hydrogen-bond acceptors (Lipinski definition) is 6. The van der Waals surface area contributed by atoms with Crippen molar-refractivity contribution in [1.82, 2.24) is 24.7 Å². The molecule has 25 heavy (non-hydrogen) atoms. The lowest BCUT2D eigenvalue weighted by Crippen LogP contribution is -2.03. The third-order valence-electron chi connectivity index (χ3n) is 4.03. The van der Waals surface area contributed by atoms with Gasteiger partial charge in [-0.25, -0.2) is 9.97 Å². The molecule has 0 radical (unpaired) electrons. The first-order valence-corrected chi connectivity index (χ1v) is 8.13. The highest BCUT2D eigenvalue weighted by molar-refractivity contribution is 5.98. The van der Waals surface area contributed by atoms with E-state index >= 15 is 0 Å². The molecule has 7 heteroatoms. The SMILES string of the molecule is CCNc1ncc(-c2nnc(C)o2)c(-c2cn(C)c3ccccc23)n1. The molecule has 4 aromatic rings. The van der Waals surface area contributed by atoms with Crippen LogP contribution in [0.15, 0.2) is 41.1 Å². The maximum absolute atomic E-state index is 5.62. The van der Waals surface area contributed by atoms with Gasteiger partial charge in [-0.05, 0) is 13.0 Å². The summed E-state index contributed by atoms with van der Waals surface area (Å²) in [5, 5.41) is 12.3. The molecule has 0 spiro atoms. The van der Waals surface area contributed by atoms with E-state index in [1.54, 1.807) is 13.1 Å². The van der Waals surface area contributed by atoms with Crippen molar-refractivity contribution in [2.75, 3.05) is 11.9 Å². The van der Waals surface area contributed by atoms with Gasteiger partial charge in [-0.1, -0.05) is 18.2 Å². The summed E-state index contributed by atoms with van der Waals surface area (Å²) in [7, 11) is 2.02. The lowest BCUT2D eigenvalue weighted by atomic mass is 10.1. The van der Waals surface area contributed by atoms with Gasteiger partial charge in [0.1, 0.15) is 0 Å². The molecule has 0 atom stereocenters. The zero-order chi connectivity index (χ0) is 17.4. The van der Waals surface area contributed by atoms with Gasteiger partial charge in [0, 0.05) is 49.4 Å². The lowest BCUT2D eigenvalue weighted by molar-refractivity contribution is 0.532. The molecule has 0 aliphatic carbocycles. The molecule has 0 saturated carbocycles. The first kappa shape index (κ1) is 15.3. The third kappa shape index (κ3) is 2.63. The first-order chi connectivity index (χ1) is 12.2. The Kier molecular flexibility index (Phi) is 3.68. The van der Waals surface area contributed by atoms with Gasteiger partial charge in [0.05, 0.1) is 11.3 Å². The topological polar surface area (TPSA) is 81.7 Å². The van der Waals surface area contributed by atoms with Crippen molar-refractivity contribution in [1.29, 1.82) is 0 Å². The van der Waals surface area contributed by atoms with E-state index in [0.29, 0.717) is 17.7 Å². The summed E-state index contributed by atoms with van der Waals surface area (Å²) in [4.78, 5) is 9.09. The Morgan fingerprint density at radius 3 is 2.76 bits per heavy atom. The normalized spacial score (nSPS) is 11.2. The molecular formula is C18H18N6O. The quantitative estimate of drug-likeness (QED) is 0.616. The third-order valence-corrected chi connectivity index (χ3v) is 4.03. The molecule has 0 saturated heterocycles. The average molecular weight is 334 g/mol. The van der Waals surface area contributed by atoms with E-state index in [4.69, 9.17) is 9.40 Å². The number of para-hydroxylation sites is 1. The van der Waals surface area contributed by atoms with Gasteiger partial charge in [-0.15, -0.1) is 10.2 Å². The van der Waals surface area contributed by atoms with Gasteiger partial charge in [-0.3, -0.25) is 0 Å². The standard InChI is InChI=1S/C18H18N6O/c1-4-19-18-20-9-13(17-23-22-11(2)25-17)16(21-18)14-10-24(3)15-8-6-5-7-12(14)15/h5-10H,4H2,1-3H3,(H,19,20,21). The molecule has 0 amide bonds. The second kappa shape index (κ2) is 6.01. The number of fused-ring (bicyclic) bond motifs is 1. The number of hydrogen-bond donors (Lipinski definition) is 1. The Morgan fingerprint density at radius 1 is 1.16 bits per heavy atom. The molecule has 0 bridgehead atoms. The molecule has 3 heterocycles. The van der Waals surface area contributed by atoms with Crippen LogP contribution in [0.25, 0.3) is 33.6 Å². The minimum absolute atomic E-state index is 0.420. The Hall–Kier alpha value is -3.22. The average Bonchev–Trinajstić information content (AvgIpc) is 3.19. The van der Waals surface area contributed by atoms with Crippen LogP contribution in [0, 0.1) is 6.92 Å². The summed E-state index contributed by atoms with van der Waals surface area (Å²) in [6, 6.07) is 8.22. The summed E-state index contributed by atoms with van der Waals surface area (Å²) >= 11 is 0. The van der Waals surface area contributed by atoms with Gasteiger partial charge < -0.3 is 14.3 Å². The van der Waals surface area contributed by atoms with Crippen LogP contribution < -0.4 is 5.32 Å². The van der Waals surface area contributed by atoms with Crippen molar-refractivity contribution in [3.8, 4) is 22.7 Å². The number of nitrogens with zero attached hydrogens (tertiary/aromatic N) is 5. The Labute approximate surface area is 144 Å². The van der Waals surface area contributed by atoms with E-state index in [1.807, 2.05) is 26.1 Å². The van der Waals surface area contributed by atoms with Crippen LogP contribution in [-0.2, 0) is 7.05 Å². The number of rotatable bonds is 4. The Morgan fingerprint density at radius 2 is 2.00 bits per heavy atom. The van der Waals surface area contributed by atoms with Crippen molar-refractivity contribution in [3.63, 3.8) is 0 Å². The van der Waals surface area contributed by atoms with Crippen LogP contribution in [0.4, 0.5) is 5.95 Å². The Balaban J connectivity index is 1.99. The summed E-state index contributed by atoms with van der Waals surface area (Å²) < 4.78 is 7.71. The zero-order valence-corrected chi connectivity index (χ0v) is 14.3. The highest BCUT2D eigenvalue weighted by Gasteiger charge is 2.19. The van der Waals surface area contributed by atoms with E-state index < -0.39 is 0 Å². The number of aromatic nitrogens is 5. The van der Waals surface area contributed by atoms with Crippen LogP contribution in [-0.4, -0.2) is 31.3 Å². The van der Waals surface area contributed by atoms with Gasteiger partial charge >= 0.3 is 0 Å². The summed E-state index contributed by atoms with van der Waals surface area (Å²) in [5.74, 6) is 1.50. The summed E-state index contributed by atoms with van der Waals surface area (Å²) in [5.41, 5.74) is 3.63. The molecule has 4 rings (SSSR count). The van der Waals surface area contributed by atoms with E-state index in [1.165, 1.54) is 0 Å². The fraction of sp³-hybridized carbons (Fsp3) is 0.222. The second-order valence-electron chi connectivity index (χ2n) is 5.78. The van der Waals surface area contributed by atoms with Gasteiger partial charge in [0.2, 0.25) is 11.8 Å². The van der Waals surface area contributed by atoms with Crippen LogP contribution in [0.3, 0.4) is 0 Å². The lowest BCUT2D eigenvalue weighted by Gasteiger charge is -2.08. The maximum Gasteiger partial charge on any atom is 0.251 e. The molecule has 126 valence electrons. The molecule has 1 aromatic carbocycles. The van der Waals surface area contributed by atoms with Crippen molar-refractivity contribution in [3.05, 3.63) is 42.5 Å². The van der Waals surface area contributed by atoms with Crippen LogP contribution >= 0.6 is 0 Å². The monoisotopic (exact) mass is 334 g/mol. The molecule has 1 N–H and O–H groups in total.